The Balaban J connectivity index is 2.33. The number of benzene rings is 2. The van der Waals surface area contributed by atoms with Crippen molar-refractivity contribution in [3.05, 3.63) is 64.0 Å². The predicted molar refractivity (Wildman–Crippen MR) is 82.5 cm³/mol. The van der Waals surface area contributed by atoms with Gasteiger partial charge < -0.3 is 0 Å². The van der Waals surface area contributed by atoms with Crippen LogP contribution in [-0.4, -0.2) is 20.3 Å². The minimum atomic E-state index is -0.476. The average Bonchev–Trinajstić information content (AvgIpc) is 2.82. The first kappa shape index (κ1) is 13.9. The van der Waals surface area contributed by atoms with Crippen LogP contribution in [0.3, 0.4) is 0 Å². The van der Waals surface area contributed by atoms with Crippen molar-refractivity contribution in [1.29, 1.82) is 0 Å². The predicted octanol–water partition coefficient (Wildman–Crippen LogP) is 3.44. The average molecular weight is 295 g/mol. The van der Waals surface area contributed by atoms with Crippen LogP contribution in [-0.2, 0) is 0 Å². The van der Waals surface area contributed by atoms with Crippen molar-refractivity contribution in [2.75, 3.05) is 0 Å². The van der Waals surface area contributed by atoms with Gasteiger partial charge in [0.25, 0.3) is 5.69 Å². The molecule has 1 aromatic heterocycles. The second-order valence-corrected chi connectivity index (χ2v) is 5.00. The third-order valence-electron chi connectivity index (χ3n) is 3.55. The summed E-state index contributed by atoms with van der Waals surface area (Å²) in [5.74, 6) is 0.446. The molecule has 0 N–H and O–H groups in total. The number of nitrogens with zero attached hydrogens (tertiary/aromatic N) is 3. The Morgan fingerprint density at radius 2 is 1.95 bits per heavy atom. The number of nitro groups is 1. The zero-order valence-electron chi connectivity index (χ0n) is 12.1. The number of nitro benzene ring substituents is 1. The van der Waals surface area contributed by atoms with Gasteiger partial charge in [-0.3, -0.25) is 19.5 Å². The van der Waals surface area contributed by atoms with E-state index in [2.05, 4.69) is 4.98 Å². The molecule has 0 saturated carbocycles. The van der Waals surface area contributed by atoms with E-state index in [-0.39, 0.29) is 11.5 Å². The zero-order chi connectivity index (χ0) is 15.9. The number of aromatic nitrogens is 2. The number of Topliss-reactive ketones (excluding diaryl/α,β-unsaturated/α-hetero) is 1. The minimum absolute atomic E-state index is 0.112. The van der Waals surface area contributed by atoms with E-state index in [4.69, 9.17) is 0 Å². The number of aryl methyl sites for hydroxylation is 1. The van der Waals surface area contributed by atoms with Gasteiger partial charge in [0.05, 0.1) is 16.0 Å². The minimum Gasteiger partial charge on any atom is -0.295 e. The van der Waals surface area contributed by atoms with Crippen LogP contribution in [0.5, 0.6) is 0 Å². The molecule has 0 aliphatic heterocycles. The highest BCUT2D eigenvalue weighted by atomic mass is 16.6. The molecule has 0 saturated heterocycles. The summed E-state index contributed by atoms with van der Waals surface area (Å²) in [5, 5.41) is 11.4. The lowest BCUT2D eigenvalue weighted by Gasteiger charge is -2.08. The molecule has 0 amide bonds. The van der Waals surface area contributed by atoms with E-state index >= 15 is 0 Å². The van der Waals surface area contributed by atoms with Crippen molar-refractivity contribution < 1.29 is 9.72 Å². The molecule has 0 fully saturated rings. The third-order valence-corrected chi connectivity index (χ3v) is 3.55. The summed E-state index contributed by atoms with van der Waals surface area (Å²) in [6.07, 6.45) is 0. The van der Waals surface area contributed by atoms with Crippen LogP contribution < -0.4 is 0 Å². The molecule has 6 nitrogen and oxygen atoms in total. The number of para-hydroxylation sites is 2. The van der Waals surface area contributed by atoms with E-state index in [0.29, 0.717) is 17.1 Å². The summed E-state index contributed by atoms with van der Waals surface area (Å²) in [7, 11) is 0. The molecule has 3 aromatic rings. The standard InChI is InChI=1S/C16H13N3O3/c1-10(20)12-7-8-15(16(9-12)19(21)22)18-11(2)17-13-5-3-4-6-14(13)18/h3-9H,1-2H3. The van der Waals surface area contributed by atoms with E-state index in [0.717, 1.165) is 11.0 Å². The maximum absolute atomic E-state index is 11.5. The van der Waals surface area contributed by atoms with Gasteiger partial charge in [-0.1, -0.05) is 12.1 Å². The number of imidazole rings is 1. The van der Waals surface area contributed by atoms with Gasteiger partial charge in [0.2, 0.25) is 0 Å². The lowest BCUT2D eigenvalue weighted by Crippen LogP contribution is -2.04. The molecule has 22 heavy (non-hydrogen) atoms. The van der Waals surface area contributed by atoms with Crippen LogP contribution in [0.15, 0.2) is 42.5 Å². The lowest BCUT2D eigenvalue weighted by atomic mass is 10.1. The van der Waals surface area contributed by atoms with Gasteiger partial charge in [0, 0.05) is 11.6 Å². The van der Waals surface area contributed by atoms with Crippen molar-refractivity contribution in [3.8, 4) is 5.69 Å². The van der Waals surface area contributed by atoms with E-state index in [1.54, 1.807) is 23.6 Å². The Labute approximate surface area is 126 Å². The van der Waals surface area contributed by atoms with Crippen LogP contribution in [0.1, 0.15) is 23.1 Å². The zero-order valence-corrected chi connectivity index (χ0v) is 12.1. The van der Waals surface area contributed by atoms with E-state index in [1.165, 1.54) is 13.0 Å². The number of hydrogen-bond acceptors (Lipinski definition) is 4. The SMILES string of the molecule is CC(=O)c1ccc(-n2c(C)nc3ccccc32)c([N+](=O)[O-])c1. The number of ketones is 1. The third kappa shape index (κ3) is 2.14. The van der Waals surface area contributed by atoms with Crippen molar-refractivity contribution in [3.63, 3.8) is 0 Å². The molecule has 1 heterocycles. The number of carbonyl (C=O) groups excluding carboxylic acids is 1. The van der Waals surface area contributed by atoms with Crippen molar-refractivity contribution in [2.24, 2.45) is 0 Å². The smallest absolute Gasteiger partial charge is 0.293 e. The second kappa shape index (κ2) is 5.07. The summed E-state index contributed by atoms with van der Waals surface area (Å²) >= 11 is 0. The summed E-state index contributed by atoms with van der Waals surface area (Å²) in [6, 6.07) is 11.9. The van der Waals surface area contributed by atoms with Gasteiger partial charge in [0.15, 0.2) is 5.78 Å². The highest BCUT2D eigenvalue weighted by molar-refractivity contribution is 5.95. The van der Waals surface area contributed by atoms with Crippen molar-refractivity contribution in [2.45, 2.75) is 13.8 Å². The number of carbonyl (C=O) groups is 1. The van der Waals surface area contributed by atoms with E-state index in [1.807, 2.05) is 24.3 Å². The fourth-order valence-corrected chi connectivity index (χ4v) is 2.53. The molecule has 3 rings (SSSR count). The first-order valence-electron chi connectivity index (χ1n) is 6.73. The van der Waals surface area contributed by atoms with Crippen LogP contribution >= 0.6 is 0 Å². The number of hydrogen-bond donors (Lipinski definition) is 0. The Kier molecular flexibility index (Phi) is 3.21. The molecule has 0 unspecified atom stereocenters. The molecule has 0 bridgehead atoms. The summed E-state index contributed by atoms with van der Waals surface area (Å²) in [6.45, 7) is 3.18. The number of rotatable bonds is 3. The molecule has 0 radical (unpaired) electrons. The highest BCUT2D eigenvalue weighted by Gasteiger charge is 2.20. The van der Waals surface area contributed by atoms with Gasteiger partial charge in [-0.05, 0) is 38.1 Å². The number of fused-ring (bicyclic) bond motifs is 1. The molecule has 2 aromatic carbocycles. The fourth-order valence-electron chi connectivity index (χ4n) is 2.53. The molecular weight excluding hydrogens is 282 g/mol. The molecule has 0 atom stereocenters. The monoisotopic (exact) mass is 295 g/mol. The lowest BCUT2D eigenvalue weighted by molar-refractivity contribution is -0.384. The maximum Gasteiger partial charge on any atom is 0.293 e. The highest BCUT2D eigenvalue weighted by Crippen LogP contribution is 2.29. The van der Waals surface area contributed by atoms with E-state index < -0.39 is 4.92 Å². The Hall–Kier alpha value is -3.02. The van der Waals surface area contributed by atoms with Gasteiger partial charge in [-0.15, -0.1) is 0 Å². The first-order valence-corrected chi connectivity index (χ1v) is 6.73. The van der Waals surface area contributed by atoms with E-state index in [9.17, 15) is 14.9 Å². The molecule has 0 aliphatic rings. The van der Waals surface area contributed by atoms with Crippen molar-refractivity contribution in [1.82, 2.24) is 9.55 Å². The summed E-state index contributed by atoms with van der Waals surface area (Å²) in [4.78, 5) is 26.8. The van der Waals surface area contributed by atoms with Gasteiger partial charge in [-0.2, -0.15) is 0 Å². The molecular formula is C16H13N3O3. The van der Waals surface area contributed by atoms with Crippen LogP contribution in [0.25, 0.3) is 16.7 Å². The fraction of sp³-hybridized carbons (Fsp3) is 0.125. The summed E-state index contributed by atoms with van der Waals surface area (Å²) in [5.41, 5.74) is 2.17. The molecule has 110 valence electrons. The Bertz CT molecular complexity index is 912. The summed E-state index contributed by atoms with van der Waals surface area (Å²) < 4.78 is 1.73. The van der Waals surface area contributed by atoms with Gasteiger partial charge >= 0.3 is 0 Å². The van der Waals surface area contributed by atoms with Crippen LogP contribution in [0.4, 0.5) is 5.69 Å². The Morgan fingerprint density at radius 1 is 1.23 bits per heavy atom. The topological polar surface area (TPSA) is 78.0 Å². The normalized spacial score (nSPS) is 10.8. The van der Waals surface area contributed by atoms with Crippen molar-refractivity contribution >= 4 is 22.5 Å². The van der Waals surface area contributed by atoms with Crippen LogP contribution in [0.2, 0.25) is 0 Å². The van der Waals surface area contributed by atoms with Gasteiger partial charge in [0.1, 0.15) is 11.5 Å². The molecule has 0 aliphatic carbocycles. The maximum atomic E-state index is 11.5. The van der Waals surface area contributed by atoms with Gasteiger partial charge in [-0.25, -0.2) is 4.98 Å². The molecule has 6 heteroatoms. The Morgan fingerprint density at radius 3 is 2.64 bits per heavy atom. The largest absolute Gasteiger partial charge is 0.295 e. The first-order chi connectivity index (χ1) is 10.5. The molecule has 0 spiro atoms. The van der Waals surface area contributed by atoms with Crippen LogP contribution in [0, 0.1) is 17.0 Å². The second-order valence-electron chi connectivity index (χ2n) is 5.00. The quantitative estimate of drug-likeness (QED) is 0.421.